The first kappa shape index (κ1) is 12.8. The van der Waals surface area contributed by atoms with Crippen LogP contribution >= 0.6 is 0 Å². The van der Waals surface area contributed by atoms with Crippen molar-refractivity contribution in [2.24, 2.45) is 0 Å². The van der Waals surface area contributed by atoms with E-state index >= 15 is 0 Å². The fourth-order valence-electron chi connectivity index (χ4n) is 1.25. The number of halogens is 4. The first-order valence-electron chi connectivity index (χ1n) is 4.34. The van der Waals surface area contributed by atoms with Gasteiger partial charge in [-0.25, -0.2) is 4.39 Å². The van der Waals surface area contributed by atoms with Gasteiger partial charge in [-0.3, -0.25) is 0 Å². The summed E-state index contributed by atoms with van der Waals surface area (Å²) in [5.74, 6) is -1.56. The van der Waals surface area contributed by atoms with Gasteiger partial charge in [-0.15, -0.1) is 0 Å². The van der Waals surface area contributed by atoms with E-state index in [1.807, 2.05) is 0 Å². The van der Waals surface area contributed by atoms with Crippen molar-refractivity contribution in [3.8, 4) is 5.75 Å². The van der Waals surface area contributed by atoms with Gasteiger partial charge in [-0.05, 0) is 13.0 Å². The molecular formula is C10H10F4O2. The van der Waals surface area contributed by atoms with Gasteiger partial charge < -0.3 is 9.84 Å². The molecule has 0 fully saturated rings. The first-order chi connectivity index (χ1) is 7.21. The van der Waals surface area contributed by atoms with Crippen LogP contribution in [-0.4, -0.2) is 18.4 Å². The van der Waals surface area contributed by atoms with E-state index in [0.717, 1.165) is 25.3 Å². The second kappa shape index (κ2) is 3.93. The van der Waals surface area contributed by atoms with E-state index in [4.69, 9.17) is 0 Å². The second-order valence-corrected chi connectivity index (χ2v) is 3.39. The molecule has 0 aliphatic rings. The molecule has 0 bridgehead atoms. The second-order valence-electron chi connectivity index (χ2n) is 3.39. The summed E-state index contributed by atoms with van der Waals surface area (Å²) in [4.78, 5) is 0. The molecule has 1 N–H and O–H groups in total. The largest absolute Gasteiger partial charge is 0.493 e. The molecule has 0 radical (unpaired) electrons. The van der Waals surface area contributed by atoms with E-state index in [-0.39, 0.29) is 0 Å². The lowest BCUT2D eigenvalue weighted by molar-refractivity contribution is -0.259. The predicted octanol–water partition coefficient (Wildman–Crippen LogP) is 2.60. The summed E-state index contributed by atoms with van der Waals surface area (Å²) >= 11 is 0. The Morgan fingerprint density at radius 3 is 2.25 bits per heavy atom. The van der Waals surface area contributed by atoms with Gasteiger partial charge in [-0.2, -0.15) is 13.2 Å². The molecule has 0 saturated carbocycles. The first-order valence-corrected chi connectivity index (χ1v) is 4.34. The van der Waals surface area contributed by atoms with Crippen molar-refractivity contribution in [3.05, 3.63) is 29.6 Å². The van der Waals surface area contributed by atoms with E-state index in [1.54, 1.807) is 0 Å². The molecule has 1 unspecified atom stereocenters. The Hall–Kier alpha value is -1.30. The van der Waals surface area contributed by atoms with Crippen molar-refractivity contribution in [2.75, 3.05) is 7.11 Å². The third-order valence-electron chi connectivity index (χ3n) is 2.25. The zero-order valence-corrected chi connectivity index (χ0v) is 8.60. The Kier molecular flexibility index (Phi) is 3.14. The van der Waals surface area contributed by atoms with Crippen molar-refractivity contribution in [1.82, 2.24) is 0 Å². The Balaban J connectivity index is 3.39. The zero-order chi connectivity index (χ0) is 12.6. The SMILES string of the molecule is COc1c(F)cccc1C(C)(O)C(F)(F)F. The van der Waals surface area contributed by atoms with Gasteiger partial charge in [0.1, 0.15) is 0 Å². The van der Waals surface area contributed by atoms with Crippen LogP contribution in [0.5, 0.6) is 5.75 Å². The number of methoxy groups -OCH3 is 1. The van der Waals surface area contributed by atoms with E-state index in [9.17, 15) is 22.7 Å². The standard InChI is InChI=1S/C10H10F4O2/c1-9(15,10(12,13)14)6-4-3-5-7(11)8(6)16-2/h3-5,15H,1-2H3. The number of benzene rings is 1. The van der Waals surface area contributed by atoms with Crippen LogP contribution in [0.4, 0.5) is 17.6 Å². The highest BCUT2D eigenvalue weighted by Gasteiger charge is 2.52. The fourth-order valence-corrected chi connectivity index (χ4v) is 1.25. The Labute approximate surface area is 89.5 Å². The number of aliphatic hydroxyl groups is 1. The summed E-state index contributed by atoms with van der Waals surface area (Å²) in [6.07, 6.45) is -4.91. The molecular weight excluding hydrogens is 228 g/mol. The Morgan fingerprint density at radius 1 is 1.25 bits per heavy atom. The predicted molar refractivity (Wildman–Crippen MR) is 48.6 cm³/mol. The van der Waals surface area contributed by atoms with Gasteiger partial charge in [0.05, 0.1) is 7.11 Å². The molecule has 0 amide bonds. The molecule has 0 aliphatic heterocycles. The van der Waals surface area contributed by atoms with Crippen LogP contribution in [0.3, 0.4) is 0 Å². The molecule has 6 heteroatoms. The number of alkyl halides is 3. The van der Waals surface area contributed by atoms with Crippen LogP contribution in [-0.2, 0) is 5.60 Å². The minimum Gasteiger partial charge on any atom is -0.493 e. The van der Waals surface area contributed by atoms with E-state index < -0.39 is 28.9 Å². The molecule has 90 valence electrons. The molecule has 1 aromatic carbocycles. The molecule has 0 aliphatic carbocycles. The molecule has 1 aromatic rings. The molecule has 0 spiro atoms. The van der Waals surface area contributed by atoms with Gasteiger partial charge in [0.2, 0.25) is 0 Å². The normalized spacial score (nSPS) is 15.7. The van der Waals surface area contributed by atoms with Crippen molar-refractivity contribution in [3.63, 3.8) is 0 Å². The number of para-hydroxylation sites is 1. The lowest BCUT2D eigenvalue weighted by Crippen LogP contribution is -2.39. The molecule has 0 saturated heterocycles. The third kappa shape index (κ3) is 1.97. The van der Waals surface area contributed by atoms with Crippen LogP contribution in [0.2, 0.25) is 0 Å². The monoisotopic (exact) mass is 238 g/mol. The molecule has 16 heavy (non-hydrogen) atoms. The summed E-state index contributed by atoms with van der Waals surface area (Å²) in [5, 5.41) is 9.39. The number of ether oxygens (including phenoxy) is 1. The maximum atomic E-state index is 13.2. The van der Waals surface area contributed by atoms with Crippen LogP contribution in [0, 0.1) is 5.82 Å². The quantitative estimate of drug-likeness (QED) is 0.802. The Morgan fingerprint density at radius 2 is 1.81 bits per heavy atom. The van der Waals surface area contributed by atoms with Crippen molar-refractivity contribution < 1.29 is 27.4 Å². The van der Waals surface area contributed by atoms with Crippen LogP contribution in [0.15, 0.2) is 18.2 Å². The summed E-state index contributed by atoms with van der Waals surface area (Å²) in [7, 11) is 1.04. The summed E-state index contributed by atoms with van der Waals surface area (Å²) in [6.45, 7) is 0.546. The van der Waals surface area contributed by atoms with E-state index in [1.165, 1.54) is 0 Å². The molecule has 0 aromatic heterocycles. The Bertz CT molecular complexity index is 385. The van der Waals surface area contributed by atoms with Gasteiger partial charge in [0, 0.05) is 5.56 Å². The lowest BCUT2D eigenvalue weighted by Gasteiger charge is -2.28. The fraction of sp³-hybridized carbons (Fsp3) is 0.400. The smallest absolute Gasteiger partial charge is 0.421 e. The minimum atomic E-state index is -4.91. The molecule has 2 nitrogen and oxygen atoms in total. The number of hydrogen-bond donors (Lipinski definition) is 1. The van der Waals surface area contributed by atoms with Gasteiger partial charge in [0.25, 0.3) is 0 Å². The molecule has 1 atom stereocenters. The van der Waals surface area contributed by atoms with Crippen LogP contribution in [0.25, 0.3) is 0 Å². The average Bonchev–Trinajstić information content (AvgIpc) is 2.15. The van der Waals surface area contributed by atoms with E-state index in [0.29, 0.717) is 6.92 Å². The van der Waals surface area contributed by atoms with Crippen molar-refractivity contribution in [2.45, 2.75) is 18.7 Å². The summed E-state index contributed by atoms with van der Waals surface area (Å²) < 4.78 is 55.3. The zero-order valence-electron chi connectivity index (χ0n) is 8.60. The van der Waals surface area contributed by atoms with Crippen LogP contribution < -0.4 is 4.74 Å². The summed E-state index contributed by atoms with van der Waals surface area (Å²) in [5.41, 5.74) is -3.80. The topological polar surface area (TPSA) is 29.5 Å². The third-order valence-corrected chi connectivity index (χ3v) is 2.25. The van der Waals surface area contributed by atoms with Crippen LogP contribution in [0.1, 0.15) is 12.5 Å². The maximum absolute atomic E-state index is 13.2. The van der Waals surface area contributed by atoms with Crippen molar-refractivity contribution in [1.29, 1.82) is 0 Å². The summed E-state index contributed by atoms with van der Waals surface area (Å²) in [6, 6.07) is 3.00. The number of hydrogen-bond acceptors (Lipinski definition) is 2. The van der Waals surface area contributed by atoms with E-state index in [2.05, 4.69) is 4.74 Å². The molecule has 0 heterocycles. The highest BCUT2D eigenvalue weighted by atomic mass is 19.4. The van der Waals surface area contributed by atoms with Gasteiger partial charge in [-0.1, -0.05) is 12.1 Å². The molecule has 1 rings (SSSR count). The highest BCUT2D eigenvalue weighted by molar-refractivity contribution is 5.39. The van der Waals surface area contributed by atoms with Crippen molar-refractivity contribution >= 4 is 0 Å². The lowest BCUT2D eigenvalue weighted by atomic mass is 9.94. The maximum Gasteiger partial charge on any atom is 0.421 e. The minimum absolute atomic E-state index is 0.546. The highest BCUT2D eigenvalue weighted by Crippen LogP contribution is 2.42. The van der Waals surface area contributed by atoms with Gasteiger partial charge >= 0.3 is 6.18 Å². The van der Waals surface area contributed by atoms with Gasteiger partial charge in [0.15, 0.2) is 17.2 Å². The number of rotatable bonds is 2. The average molecular weight is 238 g/mol.